The van der Waals surface area contributed by atoms with Crippen molar-refractivity contribution < 1.29 is 9.90 Å². The standard InChI is InChI=1S/C18H23NO2/c1-3-19(4-2)13-12-17(18(20)21)16-11-7-9-14-8-5-6-10-15(14)16/h5-11,17H,3-4,12-13H2,1-2H3,(H,20,21). The van der Waals surface area contributed by atoms with Crippen LogP contribution in [-0.2, 0) is 4.79 Å². The molecule has 0 saturated heterocycles. The van der Waals surface area contributed by atoms with Crippen molar-refractivity contribution in [3.8, 4) is 0 Å². The zero-order valence-corrected chi connectivity index (χ0v) is 12.7. The van der Waals surface area contributed by atoms with Gasteiger partial charge in [-0.05, 0) is 42.4 Å². The molecule has 0 aliphatic carbocycles. The van der Waals surface area contributed by atoms with E-state index < -0.39 is 11.9 Å². The monoisotopic (exact) mass is 285 g/mol. The van der Waals surface area contributed by atoms with Crippen molar-refractivity contribution in [3.63, 3.8) is 0 Å². The first-order chi connectivity index (χ1) is 10.2. The average Bonchev–Trinajstić information content (AvgIpc) is 2.51. The molecule has 1 N–H and O–H groups in total. The Bertz CT molecular complexity index is 600. The van der Waals surface area contributed by atoms with Crippen LogP contribution in [0.2, 0.25) is 0 Å². The average molecular weight is 285 g/mol. The maximum atomic E-state index is 11.7. The van der Waals surface area contributed by atoms with Gasteiger partial charge in [0.25, 0.3) is 0 Å². The molecule has 3 heteroatoms. The molecule has 2 aromatic rings. The molecule has 1 unspecified atom stereocenters. The fraction of sp³-hybridized carbons (Fsp3) is 0.389. The number of carbonyl (C=O) groups is 1. The molecule has 3 nitrogen and oxygen atoms in total. The number of aliphatic carboxylic acids is 1. The Balaban J connectivity index is 2.30. The zero-order chi connectivity index (χ0) is 15.2. The summed E-state index contributed by atoms with van der Waals surface area (Å²) in [7, 11) is 0. The predicted octanol–water partition coefficient (Wildman–Crippen LogP) is 3.74. The van der Waals surface area contributed by atoms with Gasteiger partial charge in [0, 0.05) is 0 Å². The van der Waals surface area contributed by atoms with Crippen molar-refractivity contribution in [1.29, 1.82) is 0 Å². The minimum Gasteiger partial charge on any atom is -0.481 e. The smallest absolute Gasteiger partial charge is 0.311 e. The number of nitrogens with zero attached hydrogens (tertiary/aromatic N) is 1. The molecule has 112 valence electrons. The number of carboxylic acids is 1. The molecule has 0 amide bonds. The normalized spacial score (nSPS) is 12.7. The molecular formula is C18H23NO2. The van der Waals surface area contributed by atoms with Crippen molar-refractivity contribution in [2.75, 3.05) is 19.6 Å². The topological polar surface area (TPSA) is 40.5 Å². The Labute approximate surface area is 126 Å². The molecule has 0 radical (unpaired) electrons. The van der Waals surface area contributed by atoms with Crippen LogP contribution in [0.4, 0.5) is 0 Å². The molecule has 0 heterocycles. The lowest BCUT2D eigenvalue weighted by Crippen LogP contribution is -2.27. The summed E-state index contributed by atoms with van der Waals surface area (Å²) in [6.07, 6.45) is 0.644. The van der Waals surface area contributed by atoms with Gasteiger partial charge in [-0.25, -0.2) is 0 Å². The molecule has 0 fully saturated rings. The van der Waals surface area contributed by atoms with Gasteiger partial charge in [0.05, 0.1) is 5.92 Å². The highest BCUT2D eigenvalue weighted by atomic mass is 16.4. The van der Waals surface area contributed by atoms with Gasteiger partial charge < -0.3 is 10.0 Å². The number of hydrogen-bond donors (Lipinski definition) is 1. The van der Waals surface area contributed by atoms with E-state index in [0.717, 1.165) is 36.0 Å². The summed E-state index contributed by atoms with van der Waals surface area (Å²) in [6.45, 7) is 6.94. The van der Waals surface area contributed by atoms with Crippen LogP contribution in [0.5, 0.6) is 0 Å². The third-order valence-corrected chi connectivity index (χ3v) is 4.13. The maximum absolute atomic E-state index is 11.7. The second-order valence-electron chi connectivity index (χ2n) is 5.27. The number of benzene rings is 2. The maximum Gasteiger partial charge on any atom is 0.311 e. The predicted molar refractivity (Wildman–Crippen MR) is 86.7 cm³/mol. The van der Waals surface area contributed by atoms with Crippen LogP contribution in [-0.4, -0.2) is 35.6 Å². The Kier molecular flexibility index (Phi) is 5.34. The first-order valence-corrected chi connectivity index (χ1v) is 7.60. The fourth-order valence-corrected chi connectivity index (χ4v) is 2.82. The fourth-order valence-electron chi connectivity index (χ4n) is 2.82. The Morgan fingerprint density at radius 3 is 2.43 bits per heavy atom. The van der Waals surface area contributed by atoms with Crippen LogP contribution in [0.1, 0.15) is 31.7 Å². The van der Waals surface area contributed by atoms with Gasteiger partial charge in [-0.1, -0.05) is 56.3 Å². The second kappa shape index (κ2) is 7.23. The van der Waals surface area contributed by atoms with E-state index in [0.29, 0.717) is 6.42 Å². The molecule has 2 rings (SSSR count). The van der Waals surface area contributed by atoms with Gasteiger partial charge in [-0.3, -0.25) is 4.79 Å². The molecule has 0 bridgehead atoms. The highest BCUT2D eigenvalue weighted by molar-refractivity contribution is 5.90. The summed E-state index contributed by atoms with van der Waals surface area (Å²) >= 11 is 0. The van der Waals surface area contributed by atoms with Crippen molar-refractivity contribution in [3.05, 3.63) is 48.0 Å². The SMILES string of the molecule is CCN(CC)CCC(C(=O)O)c1cccc2ccccc12. The number of hydrogen-bond acceptors (Lipinski definition) is 2. The zero-order valence-electron chi connectivity index (χ0n) is 12.7. The van der Waals surface area contributed by atoms with Gasteiger partial charge >= 0.3 is 5.97 Å². The van der Waals surface area contributed by atoms with E-state index in [2.05, 4.69) is 18.7 Å². The summed E-state index contributed by atoms with van der Waals surface area (Å²) in [5.74, 6) is -1.18. The lowest BCUT2D eigenvalue weighted by molar-refractivity contribution is -0.139. The van der Waals surface area contributed by atoms with E-state index in [1.807, 2.05) is 42.5 Å². The molecule has 0 aromatic heterocycles. The van der Waals surface area contributed by atoms with Crippen molar-refractivity contribution in [2.24, 2.45) is 0 Å². The lowest BCUT2D eigenvalue weighted by Gasteiger charge is -2.21. The molecule has 0 aliphatic heterocycles. The van der Waals surface area contributed by atoms with Crippen molar-refractivity contribution in [1.82, 2.24) is 4.90 Å². The van der Waals surface area contributed by atoms with Crippen LogP contribution in [0.15, 0.2) is 42.5 Å². The summed E-state index contributed by atoms with van der Waals surface area (Å²) in [4.78, 5) is 14.0. The number of carboxylic acid groups (broad SMARTS) is 1. The third kappa shape index (κ3) is 3.61. The Morgan fingerprint density at radius 1 is 1.10 bits per heavy atom. The van der Waals surface area contributed by atoms with Crippen LogP contribution in [0, 0.1) is 0 Å². The van der Waals surface area contributed by atoms with E-state index >= 15 is 0 Å². The highest BCUT2D eigenvalue weighted by Gasteiger charge is 2.22. The van der Waals surface area contributed by atoms with Crippen LogP contribution in [0.3, 0.4) is 0 Å². The van der Waals surface area contributed by atoms with Crippen LogP contribution in [0.25, 0.3) is 10.8 Å². The molecule has 0 saturated carbocycles. The minimum atomic E-state index is -0.737. The number of fused-ring (bicyclic) bond motifs is 1. The van der Waals surface area contributed by atoms with E-state index in [-0.39, 0.29) is 0 Å². The van der Waals surface area contributed by atoms with Gasteiger partial charge in [0.2, 0.25) is 0 Å². The second-order valence-corrected chi connectivity index (χ2v) is 5.27. The summed E-state index contributed by atoms with van der Waals surface area (Å²) in [5.41, 5.74) is 0.924. The summed E-state index contributed by atoms with van der Waals surface area (Å²) in [5, 5.41) is 11.8. The first-order valence-electron chi connectivity index (χ1n) is 7.60. The van der Waals surface area contributed by atoms with Crippen LogP contribution >= 0.6 is 0 Å². The Morgan fingerprint density at radius 2 is 1.76 bits per heavy atom. The quantitative estimate of drug-likeness (QED) is 0.842. The molecule has 0 spiro atoms. The summed E-state index contributed by atoms with van der Waals surface area (Å²) in [6, 6.07) is 13.9. The van der Waals surface area contributed by atoms with E-state index in [9.17, 15) is 9.90 Å². The van der Waals surface area contributed by atoms with Crippen molar-refractivity contribution in [2.45, 2.75) is 26.2 Å². The van der Waals surface area contributed by atoms with Gasteiger partial charge in [0.15, 0.2) is 0 Å². The van der Waals surface area contributed by atoms with Crippen molar-refractivity contribution >= 4 is 16.7 Å². The van der Waals surface area contributed by atoms with Gasteiger partial charge in [-0.15, -0.1) is 0 Å². The molecule has 21 heavy (non-hydrogen) atoms. The molecule has 2 aromatic carbocycles. The van der Waals surface area contributed by atoms with E-state index in [1.165, 1.54) is 0 Å². The largest absolute Gasteiger partial charge is 0.481 e. The number of rotatable bonds is 7. The first kappa shape index (κ1) is 15.5. The highest BCUT2D eigenvalue weighted by Crippen LogP contribution is 2.28. The van der Waals surface area contributed by atoms with Crippen LogP contribution < -0.4 is 0 Å². The summed E-state index contributed by atoms with van der Waals surface area (Å²) < 4.78 is 0. The van der Waals surface area contributed by atoms with E-state index in [1.54, 1.807) is 0 Å². The van der Waals surface area contributed by atoms with Gasteiger partial charge in [0.1, 0.15) is 0 Å². The molecular weight excluding hydrogens is 262 g/mol. The third-order valence-electron chi connectivity index (χ3n) is 4.13. The minimum absolute atomic E-state index is 0.448. The van der Waals surface area contributed by atoms with Gasteiger partial charge in [-0.2, -0.15) is 0 Å². The Hall–Kier alpha value is -1.87. The molecule has 1 atom stereocenters. The van der Waals surface area contributed by atoms with E-state index in [4.69, 9.17) is 0 Å². The molecule has 0 aliphatic rings. The lowest BCUT2D eigenvalue weighted by atomic mass is 9.91.